The topological polar surface area (TPSA) is 50.8 Å². The van der Waals surface area contributed by atoms with Crippen molar-refractivity contribution in [3.63, 3.8) is 0 Å². The number of nitrogens with one attached hydrogen (secondary N) is 1. The summed E-state index contributed by atoms with van der Waals surface area (Å²) in [5, 5.41) is 2.97. The molecule has 3 aromatic carbocycles. The van der Waals surface area contributed by atoms with E-state index in [0.717, 1.165) is 37.1 Å². The van der Waals surface area contributed by atoms with E-state index in [1.165, 1.54) is 30.4 Å². The predicted octanol–water partition coefficient (Wildman–Crippen LogP) is 4.71. The van der Waals surface area contributed by atoms with Gasteiger partial charge in [0.1, 0.15) is 12.7 Å². The highest BCUT2D eigenvalue weighted by atomic mass is 16.6. The number of benzene rings is 3. The Morgan fingerprint density at radius 3 is 2.32 bits per heavy atom. The lowest BCUT2D eigenvalue weighted by Crippen LogP contribution is -2.40. The number of hydrogen-bond donors (Lipinski definition) is 1. The first-order chi connectivity index (χ1) is 16.7. The Morgan fingerprint density at radius 1 is 0.853 bits per heavy atom. The molecule has 0 radical (unpaired) electrons. The van der Waals surface area contributed by atoms with Gasteiger partial charge in [-0.2, -0.15) is 0 Å². The molecule has 34 heavy (non-hydrogen) atoms. The van der Waals surface area contributed by atoms with Crippen LogP contribution in [0.2, 0.25) is 0 Å². The number of carbonyl (C=O) groups is 1. The first-order valence-corrected chi connectivity index (χ1v) is 12.2. The third-order valence-corrected chi connectivity index (χ3v) is 6.75. The van der Waals surface area contributed by atoms with E-state index in [0.29, 0.717) is 18.7 Å². The molecule has 3 aromatic rings. The second-order valence-corrected chi connectivity index (χ2v) is 9.31. The van der Waals surface area contributed by atoms with Crippen molar-refractivity contribution in [3.05, 3.63) is 95.6 Å². The molecule has 5 nitrogen and oxygen atoms in total. The molecule has 0 aliphatic carbocycles. The number of para-hydroxylation sites is 2. The molecule has 0 aromatic heterocycles. The van der Waals surface area contributed by atoms with Gasteiger partial charge in [0.05, 0.1) is 6.54 Å². The summed E-state index contributed by atoms with van der Waals surface area (Å²) in [5.74, 6) is 2.16. The van der Waals surface area contributed by atoms with Crippen molar-refractivity contribution in [2.75, 3.05) is 26.2 Å². The van der Waals surface area contributed by atoms with Gasteiger partial charge < -0.3 is 14.8 Å². The molecule has 0 bridgehead atoms. The van der Waals surface area contributed by atoms with E-state index in [1.54, 1.807) is 0 Å². The zero-order valence-corrected chi connectivity index (χ0v) is 19.5. The molecule has 1 unspecified atom stereocenters. The van der Waals surface area contributed by atoms with Gasteiger partial charge in [-0.05, 0) is 73.7 Å². The summed E-state index contributed by atoms with van der Waals surface area (Å²) in [7, 11) is 0. The first-order valence-electron chi connectivity index (χ1n) is 12.2. The van der Waals surface area contributed by atoms with Crippen molar-refractivity contribution in [3.8, 4) is 11.5 Å². The molecule has 5 rings (SSSR count). The minimum Gasteiger partial charge on any atom is -0.486 e. The minimum atomic E-state index is -0.192. The van der Waals surface area contributed by atoms with Crippen molar-refractivity contribution < 1.29 is 14.3 Å². The van der Waals surface area contributed by atoms with Crippen LogP contribution in [0.1, 0.15) is 34.3 Å². The summed E-state index contributed by atoms with van der Waals surface area (Å²) >= 11 is 0. The maximum absolute atomic E-state index is 12.6. The molecule has 5 heteroatoms. The molecule has 2 aliphatic heterocycles. The lowest BCUT2D eigenvalue weighted by atomic mass is 9.90. The third kappa shape index (κ3) is 5.78. The smallest absolute Gasteiger partial charge is 0.251 e. The van der Waals surface area contributed by atoms with E-state index in [4.69, 9.17) is 9.47 Å². The van der Waals surface area contributed by atoms with Crippen LogP contribution >= 0.6 is 0 Å². The summed E-state index contributed by atoms with van der Waals surface area (Å²) in [4.78, 5) is 15.1. The second-order valence-electron chi connectivity index (χ2n) is 9.31. The average molecular weight is 457 g/mol. The average Bonchev–Trinajstić information content (AvgIpc) is 2.89. The van der Waals surface area contributed by atoms with E-state index in [2.05, 4.69) is 52.7 Å². The number of nitrogens with zero attached hydrogens (tertiary/aromatic N) is 1. The van der Waals surface area contributed by atoms with Gasteiger partial charge in [-0.25, -0.2) is 0 Å². The van der Waals surface area contributed by atoms with Gasteiger partial charge in [0.2, 0.25) is 0 Å². The Labute approximate surface area is 201 Å². The van der Waals surface area contributed by atoms with Crippen LogP contribution < -0.4 is 14.8 Å². The zero-order valence-electron chi connectivity index (χ0n) is 19.5. The Balaban J connectivity index is 1.05. The van der Waals surface area contributed by atoms with E-state index in [-0.39, 0.29) is 12.0 Å². The van der Waals surface area contributed by atoms with Crippen LogP contribution in [-0.4, -0.2) is 43.2 Å². The Morgan fingerprint density at radius 2 is 1.56 bits per heavy atom. The maximum atomic E-state index is 12.6. The summed E-state index contributed by atoms with van der Waals surface area (Å²) < 4.78 is 11.6. The Bertz CT molecular complexity index is 1080. The fourth-order valence-corrected chi connectivity index (χ4v) is 4.79. The van der Waals surface area contributed by atoms with Crippen LogP contribution in [0.25, 0.3) is 0 Å². The molecule has 0 spiro atoms. The monoisotopic (exact) mass is 456 g/mol. The van der Waals surface area contributed by atoms with Gasteiger partial charge in [0.25, 0.3) is 5.91 Å². The van der Waals surface area contributed by atoms with Crippen LogP contribution in [0, 0.1) is 5.92 Å². The third-order valence-electron chi connectivity index (χ3n) is 6.75. The summed E-state index contributed by atoms with van der Waals surface area (Å²) in [6.45, 7) is 4.04. The fourth-order valence-electron chi connectivity index (χ4n) is 4.79. The normalized spacial score (nSPS) is 18.4. The quantitative estimate of drug-likeness (QED) is 0.559. The highest BCUT2D eigenvalue weighted by molar-refractivity contribution is 5.94. The largest absolute Gasteiger partial charge is 0.486 e. The summed E-state index contributed by atoms with van der Waals surface area (Å²) in [6.07, 6.45) is 3.48. The van der Waals surface area contributed by atoms with Crippen LogP contribution in [0.5, 0.6) is 11.5 Å². The number of hydrogen-bond acceptors (Lipinski definition) is 4. The van der Waals surface area contributed by atoms with E-state index in [9.17, 15) is 4.79 Å². The van der Waals surface area contributed by atoms with Crippen LogP contribution in [0.4, 0.5) is 0 Å². The van der Waals surface area contributed by atoms with E-state index in [1.807, 2.05) is 36.4 Å². The number of fused-ring (bicyclic) bond motifs is 1. The Kier molecular flexibility index (Phi) is 7.10. The van der Waals surface area contributed by atoms with Gasteiger partial charge in [-0.3, -0.25) is 9.69 Å². The van der Waals surface area contributed by atoms with Gasteiger partial charge in [0.15, 0.2) is 11.5 Å². The second kappa shape index (κ2) is 10.7. The summed E-state index contributed by atoms with van der Waals surface area (Å²) in [5.41, 5.74) is 3.36. The van der Waals surface area contributed by atoms with Gasteiger partial charge >= 0.3 is 0 Å². The van der Waals surface area contributed by atoms with E-state index < -0.39 is 0 Å². The number of ether oxygens (including phenoxy) is 2. The van der Waals surface area contributed by atoms with Gasteiger partial charge in [0, 0.05) is 12.1 Å². The number of piperidine rings is 1. The standard InChI is InChI=1S/C29H32N2O3/c32-29(30-19-26-21-33-27-8-4-5-9-28(27)34-26)25-12-10-24(11-13-25)20-31-16-14-23(15-17-31)18-22-6-2-1-3-7-22/h1-13,23,26H,14-21H2,(H,30,32). The molecule has 176 valence electrons. The molecule has 0 saturated carbocycles. The molecule has 1 atom stereocenters. The highest BCUT2D eigenvalue weighted by Gasteiger charge is 2.22. The van der Waals surface area contributed by atoms with Crippen LogP contribution in [0.3, 0.4) is 0 Å². The first kappa shape index (κ1) is 22.5. The minimum absolute atomic E-state index is 0.0873. The van der Waals surface area contributed by atoms with Crippen molar-refractivity contribution in [1.29, 1.82) is 0 Å². The molecule has 1 fully saturated rings. The summed E-state index contributed by atoms with van der Waals surface area (Å²) in [6, 6.07) is 26.4. The van der Waals surface area contributed by atoms with Crippen LogP contribution in [-0.2, 0) is 13.0 Å². The zero-order chi connectivity index (χ0) is 23.2. The molecule has 1 amide bonds. The number of rotatable bonds is 7. The maximum Gasteiger partial charge on any atom is 0.251 e. The molecule has 2 aliphatic rings. The number of carbonyl (C=O) groups excluding carboxylic acids is 1. The van der Waals surface area contributed by atoms with Crippen molar-refractivity contribution >= 4 is 5.91 Å². The van der Waals surface area contributed by atoms with E-state index >= 15 is 0 Å². The fraction of sp³-hybridized carbons (Fsp3) is 0.345. The predicted molar refractivity (Wildman–Crippen MR) is 133 cm³/mol. The molecule has 1 N–H and O–H groups in total. The molecular weight excluding hydrogens is 424 g/mol. The highest BCUT2D eigenvalue weighted by Crippen LogP contribution is 2.30. The van der Waals surface area contributed by atoms with Crippen molar-refractivity contribution in [1.82, 2.24) is 10.2 Å². The molecular formula is C29H32N2O3. The SMILES string of the molecule is O=C(NCC1COc2ccccc2O1)c1ccc(CN2CCC(Cc3ccccc3)CC2)cc1. The van der Waals surface area contributed by atoms with Crippen LogP contribution in [0.15, 0.2) is 78.9 Å². The van der Waals surface area contributed by atoms with Crippen molar-refractivity contribution in [2.45, 2.75) is 31.9 Å². The molecule has 1 saturated heterocycles. The number of likely N-dealkylation sites (tertiary alicyclic amines) is 1. The lowest BCUT2D eigenvalue weighted by molar-refractivity contribution is 0.0789. The van der Waals surface area contributed by atoms with Gasteiger partial charge in [-0.15, -0.1) is 0 Å². The Hall–Kier alpha value is -3.31. The number of amides is 1. The van der Waals surface area contributed by atoms with Crippen molar-refractivity contribution in [2.24, 2.45) is 5.92 Å². The van der Waals surface area contributed by atoms with Gasteiger partial charge in [-0.1, -0.05) is 54.6 Å². The molecule has 2 heterocycles. The lowest BCUT2D eigenvalue weighted by Gasteiger charge is -2.32.